The molecule has 2 aliphatic rings. The van der Waals surface area contributed by atoms with Crippen LogP contribution in [0.5, 0.6) is 5.75 Å². The average Bonchev–Trinajstić information content (AvgIpc) is 3.04. The first kappa shape index (κ1) is 20.0. The summed E-state index contributed by atoms with van der Waals surface area (Å²) in [6, 6.07) is 13.6. The number of hydroxylamine groups is 2. The first-order chi connectivity index (χ1) is 14.6. The molecule has 2 aromatic rings. The highest BCUT2D eigenvalue weighted by Crippen LogP contribution is 2.45. The molecular weight excluding hydrogens is 384 g/mol. The van der Waals surface area contributed by atoms with Gasteiger partial charge in [0.2, 0.25) is 0 Å². The van der Waals surface area contributed by atoms with E-state index < -0.39 is 12.0 Å². The second-order valence-electron chi connectivity index (χ2n) is 7.08. The number of esters is 1. The second kappa shape index (κ2) is 8.59. The fraction of sp³-hybridized carbons (Fsp3) is 0.304. The van der Waals surface area contributed by atoms with Crippen molar-refractivity contribution in [1.82, 2.24) is 9.96 Å². The van der Waals surface area contributed by atoms with Crippen LogP contribution < -0.4 is 4.74 Å². The predicted octanol–water partition coefficient (Wildman–Crippen LogP) is 3.78. The van der Waals surface area contributed by atoms with Crippen molar-refractivity contribution in [1.29, 1.82) is 0 Å². The molecule has 7 nitrogen and oxygen atoms in total. The van der Waals surface area contributed by atoms with Gasteiger partial charge in [-0.25, -0.2) is 9.59 Å². The van der Waals surface area contributed by atoms with E-state index in [1.807, 2.05) is 42.5 Å². The molecule has 0 unspecified atom stereocenters. The minimum Gasteiger partial charge on any atom is -0.490 e. The van der Waals surface area contributed by atoms with Gasteiger partial charge in [0, 0.05) is 0 Å². The van der Waals surface area contributed by atoms with Gasteiger partial charge < -0.3 is 14.4 Å². The summed E-state index contributed by atoms with van der Waals surface area (Å²) in [6.45, 7) is 6.62. The molecule has 0 N–H and O–H groups in total. The topological polar surface area (TPSA) is 68.3 Å². The lowest BCUT2D eigenvalue weighted by Gasteiger charge is -2.31. The number of amides is 2. The van der Waals surface area contributed by atoms with Crippen molar-refractivity contribution < 1.29 is 23.9 Å². The van der Waals surface area contributed by atoms with E-state index in [-0.39, 0.29) is 25.3 Å². The molecule has 0 radical (unpaired) electrons. The van der Waals surface area contributed by atoms with E-state index in [0.29, 0.717) is 18.9 Å². The summed E-state index contributed by atoms with van der Waals surface area (Å²) < 4.78 is 10.9. The molecule has 156 valence electrons. The maximum absolute atomic E-state index is 13.1. The zero-order valence-electron chi connectivity index (χ0n) is 16.8. The van der Waals surface area contributed by atoms with Crippen LogP contribution in [0.25, 0.3) is 0 Å². The Bertz CT molecular complexity index is 946. The Hall–Kier alpha value is -3.32. The van der Waals surface area contributed by atoms with Crippen molar-refractivity contribution >= 4 is 12.0 Å². The summed E-state index contributed by atoms with van der Waals surface area (Å²) in [4.78, 5) is 33.3. The maximum atomic E-state index is 13.1. The number of hydrogen-bond acceptors (Lipinski definition) is 5. The summed E-state index contributed by atoms with van der Waals surface area (Å²) in [6.07, 6.45) is 1.66. The predicted molar refractivity (Wildman–Crippen MR) is 109 cm³/mol. The zero-order valence-corrected chi connectivity index (χ0v) is 16.8. The van der Waals surface area contributed by atoms with E-state index >= 15 is 0 Å². The Morgan fingerprint density at radius 3 is 2.73 bits per heavy atom. The van der Waals surface area contributed by atoms with E-state index in [1.54, 1.807) is 19.1 Å². The largest absolute Gasteiger partial charge is 0.490 e. The van der Waals surface area contributed by atoms with Crippen LogP contribution in [0.2, 0.25) is 0 Å². The van der Waals surface area contributed by atoms with Crippen molar-refractivity contribution in [2.75, 3.05) is 19.8 Å². The Labute approximate surface area is 175 Å². The van der Waals surface area contributed by atoms with Gasteiger partial charge in [-0.3, -0.25) is 4.84 Å². The Balaban J connectivity index is 1.67. The third-order valence-corrected chi connectivity index (χ3v) is 5.20. The third-order valence-electron chi connectivity index (χ3n) is 5.20. The molecule has 1 fully saturated rings. The van der Waals surface area contributed by atoms with E-state index in [4.69, 9.17) is 14.3 Å². The van der Waals surface area contributed by atoms with Gasteiger partial charge in [0.1, 0.15) is 25.0 Å². The summed E-state index contributed by atoms with van der Waals surface area (Å²) in [5.41, 5.74) is 2.51. The molecular formula is C23H24N2O5. The van der Waals surface area contributed by atoms with Crippen molar-refractivity contribution in [3.63, 3.8) is 0 Å². The van der Waals surface area contributed by atoms with Gasteiger partial charge in [-0.05, 0) is 35.7 Å². The summed E-state index contributed by atoms with van der Waals surface area (Å²) in [5.74, 6) is 0.197. The fourth-order valence-corrected chi connectivity index (χ4v) is 3.88. The lowest BCUT2D eigenvalue weighted by molar-refractivity contribution is -0.149. The zero-order chi connectivity index (χ0) is 21.1. The van der Waals surface area contributed by atoms with Crippen molar-refractivity contribution in [2.24, 2.45) is 0 Å². The van der Waals surface area contributed by atoms with Crippen molar-refractivity contribution in [3.8, 4) is 5.75 Å². The third kappa shape index (κ3) is 3.64. The van der Waals surface area contributed by atoms with E-state index in [0.717, 1.165) is 16.7 Å². The molecule has 2 atom stereocenters. The number of benzene rings is 2. The molecule has 2 aromatic carbocycles. The minimum atomic E-state index is -0.803. The molecule has 0 saturated carbocycles. The molecule has 2 bridgehead atoms. The lowest BCUT2D eigenvalue weighted by Crippen LogP contribution is -2.39. The Morgan fingerprint density at radius 2 is 2.00 bits per heavy atom. The number of carbonyl (C=O) groups excluding carboxylic acids is 2. The normalized spacial score (nSPS) is 19.4. The van der Waals surface area contributed by atoms with Crippen LogP contribution in [0.3, 0.4) is 0 Å². The average molecular weight is 408 g/mol. The fourth-order valence-electron chi connectivity index (χ4n) is 3.88. The van der Waals surface area contributed by atoms with Crippen LogP contribution in [0.4, 0.5) is 4.79 Å². The molecule has 4 rings (SSSR count). The van der Waals surface area contributed by atoms with Gasteiger partial charge in [0.05, 0.1) is 13.2 Å². The maximum Gasteiger partial charge on any atom is 0.345 e. The van der Waals surface area contributed by atoms with Gasteiger partial charge in [-0.1, -0.05) is 49.1 Å². The highest BCUT2D eigenvalue weighted by Gasteiger charge is 2.51. The first-order valence-corrected chi connectivity index (χ1v) is 9.95. The van der Waals surface area contributed by atoms with Crippen LogP contribution in [0.1, 0.15) is 35.7 Å². The van der Waals surface area contributed by atoms with Gasteiger partial charge in [0.25, 0.3) is 0 Å². The van der Waals surface area contributed by atoms with Crippen LogP contribution in [-0.4, -0.2) is 41.7 Å². The number of fused-ring (bicyclic) bond motifs is 4. The molecule has 30 heavy (non-hydrogen) atoms. The van der Waals surface area contributed by atoms with Gasteiger partial charge in [-0.15, -0.1) is 0 Å². The highest BCUT2D eigenvalue weighted by molar-refractivity contribution is 5.88. The molecule has 2 aliphatic heterocycles. The van der Waals surface area contributed by atoms with Gasteiger partial charge >= 0.3 is 12.0 Å². The number of nitrogens with zero attached hydrogens (tertiary/aromatic N) is 2. The van der Waals surface area contributed by atoms with Crippen molar-refractivity contribution in [3.05, 3.63) is 77.9 Å². The van der Waals surface area contributed by atoms with E-state index in [1.165, 1.54) is 9.96 Å². The van der Waals surface area contributed by atoms with E-state index in [9.17, 15) is 9.59 Å². The molecule has 0 aliphatic carbocycles. The van der Waals surface area contributed by atoms with Gasteiger partial charge in [-0.2, -0.15) is 5.06 Å². The molecule has 1 saturated heterocycles. The van der Waals surface area contributed by atoms with Gasteiger partial charge in [0.15, 0.2) is 6.04 Å². The molecule has 7 heteroatoms. The van der Waals surface area contributed by atoms with Crippen LogP contribution in [-0.2, 0) is 21.0 Å². The molecule has 0 spiro atoms. The minimum absolute atomic E-state index is 0.241. The molecule has 2 heterocycles. The number of rotatable bonds is 8. The first-order valence-electron chi connectivity index (χ1n) is 9.95. The van der Waals surface area contributed by atoms with E-state index in [2.05, 4.69) is 6.58 Å². The monoisotopic (exact) mass is 408 g/mol. The van der Waals surface area contributed by atoms with Crippen LogP contribution >= 0.6 is 0 Å². The Kier molecular flexibility index (Phi) is 5.72. The van der Waals surface area contributed by atoms with Crippen LogP contribution in [0, 0.1) is 0 Å². The highest BCUT2D eigenvalue weighted by atomic mass is 16.7. The standard InChI is InChI=1S/C23H24N2O5/c1-3-12-29-17-10-11-18-19(13-17)20-14-24(21(18)22(26)28-4-2)23(27)25(20)30-15-16-8-6-5-7-9-16/h3,5-11,13,20-21H,1,4,12,14-15H2,2H3/t20-,21+/m0/s1. The summed E-state index contributed by atoms with van der Waals surface area (Å²) >= 11 is 0. The number of carbonyl (C=O) groups is 2. The smallest absolute Gasteiger partial charge is 0.345 e. The quantitative estimate of drug-likeness (QED) is 0.491. The summed E-state index contributed by atoms with van der Waals surface area (Å²) in [5, 5.41) is 1.36. The number of ether oxygens (including phenoxy) is 2. The molecule has 2 amide bonds. The second-order valence-corrected chi connectivity index (χ2v) is 7.08. The van der Waals surface area contributed by atoms with Crippen molar-refractivity contribution in [2.45, 2.75) is 25.6 Å². The molecule has 0 aromatic heterocycles. The number of urea groups is 1. The summed E-state index contributed by atoms with van der Waals surface area (Å²) in [7, 11) is 0. The number of hydrogen-bond donors (Lipinski definition) is 0. The SMILES string of the molecule is C=CCOc1ccc2c(c1)[C@@H]1CN(C(=O)N1OCc1ccccc1)[C@H]2C(=O)OCC. The van der Waals surface area contributed by atoms with Crippen LogP contribution in [0.15, 0.2) is 61.2 Å². The lowest BCUT2D eigenvalue weighted by atomic mass is 9.91. The Morgan fingerprint density at radius 1 is 1.20 bits per heavy atom.